The Bertz CT molecular complexity index is 1250. The van der Waals surface area contributed by atoms with Gasteiger partial charge in [-0.3, -0.25) is 4.79 Å². The lowest BCUT2D eigenvalue weighted by atomic mass is 10.1. The summed E-state index contributed by atoms with van der Waals surface area (Å²) in [6.07, 6.45) is 0.832. The van der Waals surface area contributed by atoms with Crippen LogP contribution in [-0.2, 0) is 0 Å². The second-order valence-electron chi connectivity index (χ2n) is 7.08. The van der Waals surface area contributed by atoms with Gasteiger partial charge in [0.1, 0.15) is 17.6 Å². The first-order valence-electron chi connectivity index (χ1n) is 9.81. The van der Waals surface area contributed by atoms with Crippen LogP contribution in [-0.4, -0.2) is 6.29 Å². The van der Waals surface area contributed by atoms with Crippen molar-refractivity contribution in [3.05, 3.63) is 115 Å². The molecule has 0 amide bonds. The van der Waals surface area contributed by atoms with Crippen molar-refractivity contribution in [2.75, 3.05) is 4.90 Å². The van der Waals surface area contributed by atoms with E-state index >= 15 is 0 Å². The van der Waals surface area contributed by atoms with Crippen LogP contribution in [0.1, 0.15) is 10.4 Å². The molecule has 0 radical (unpaired) electrons. The van der Waals surface area contributed by atoms with E-state index in [9.17, 15) is 4.79 Å². The molecule has 1 aromatic heterocycles. The van der Waals surface area contributed by atoms with Crippen LogP contribution in [0, 0.1) is 0 Å². The minimum absolute atomic E-state index is 0.611. The summed E-state index contributed by atoms with van der Waals surface area (Å²) < 4.78 is 5.99. The number of carbonyl (C=O) groups is 1. The summed E-state index contributed by atoms with van der Waals surface area (Å²) in [5, 5.41) is 0.981. The third-order valence-electron chi connectivity index (χ3n) is 5.12. The van der Waals surface area contributed by atoms with Crippen molar-refractivity contribution in [3.63, 3.8) is 0 Å². The van der Waals surface area contributed by atoms with Crippen LogP contribution in [0.5, 0.6) is 0 Å². The number of fused-ring (bicyclic) bond motifs is 1. The van der Waals surface area contributed by atoms with Crippen molar-refractivity contribution in [1.82, 2.24) is 0 Å². The normalized spacial score (nSPS) is 10.8. The maximum absolute atomic E-state index is 11.0. The molecular formula is C27H19NO2. The summed E-state index contributed by atoms with van der Waals surface area (Å²) in [6, 6.07) is 36.4. The summed E-state index contributed by atoms with van der Waals surface area (Å²) in [5.41, 5.74) is 5.58. The first-order chi connectivity index (χ1) is 14.8. The molecule has 0 aliphatic rings. The number of benzene rings is 4. The molecule has 0 unspecified atom stereocenters. The lowest BCUT2D eigenvalue weighted by Crippen LogP contribution is -2.09. The zero-order chi connectivity index (χ0) is 20.3. The third kappa shape index (κ3) is 3.38. The Balaban J connectivity index is 1.53. The summed E-state index contributed by atoms with van der Waals surface area (Å²) in [5.74, 6) is 0.783. The zero-order valence-electron chi connectivity index (χ0n) is 16.2. The van der Waals surface area contributed by atoms with E-state index in [0.29, 0.717) is 11.1 Å². The molecule has 0 saturated heterocycles. The van der Waals surface area contributed by atoms with E-state index in [1.807, 2.05) is 48.5 Å². The Morgan fingerprint density at radius 2 is 1.23 bits per heavy atom. The summed E-state index contributed by atoms with van der Waals surface area (Å²) >= 11 is 0. The van der Waals surface area contributed by atoms with Gasteiger partial charge >= 0.3 is 0 Å². The second-order valence-corrected chi connectivity index (χ2v) is 7.08. The highest BCUT2D eigenvalue weighted by molar-refractivity contribution is 5.88. The van der Waals surface area contributed by atoms with Gasteiger partial charge in [0.25, 0.3) is 0 Å². The minimum atomic E-state index is 0.611. The van der Waals surface area contributed by atoms with Crippen molar-refractivity contribution < 1.29 is 9.21 Å². The Morgan fingerprint density at radius 1 is 0.633 bits per heavy atom. The first-order valence-corrected chi connectivity index (χ1v) is 9.81. The second kappa shape index (κ2) is 7.72. The van der Waals surface area contributed by atoms with Crippen molar-refractivity contribution >= 4 is 34.3 Å². The molecule has 0 saturated carbocycles. The van der Waals surface area contributed by atoms with Gasteiger partial charge in [-0.2, -0.15) is 0 Å². The quantitative estimate of drug-likeness (QED) is 0.294. The topological polar surface area (TPSA) is 33.5 Å². The van der Waals surface area contributed by atoms with E-state index in [2.05, 4.69) is 53.4 Å². The number of para-hydroxylation sites is 2. The van der Waals surface area contributed by atoms with Crippen molar-refractivity contribution in [2.24, 2.45) is 0 Å². The Labute approximate surface area is 174 Å². The van der Waals surface area contributed by atoms with E-state index < -0.39 is 0 Å². The number of furan rings is 1. The smallest absolute Gasteiger partial charge is 0.150 e. The van der Waals surface area contributed by atoms with E-state index in [-0.39, 0.29) is 0 Å². The molecule has 144 valence electrons. The molecule has 0 fully saturated rings. The van der Waals surface area contributed by atoms with Crippen molar-refractivity contribution in [1.29, 1.82) is 0 Å². The predicted octanol–water partition coefficient (Wildman–Crippen LogP) is 7.38. The van der Waals surface area contributed by atoms with Crippen LogP contribution in [0.4, 0.5) is 17.1 Å². The summed E-state index contributed by atoms with van der Waals surface area (Å²) in [7, 11) is 0. The van der Waals surface area contributed by atoms with Crippen LogP contribution >= 0.6 is 0 Å². The molecule has 0 aliphatic carbocycles. The number of aldehydes is 1. The molecule has 4 aromatic carbocycles. The predicted molar refractivity (Wildman–Crippen MR) is 122 cm³/mol. The highest BCUT2D eigenvalue weighted by Crippen LogP contribution is 2.36. The molecule has 5 aromatic rings. The van der Waals surface area contributed by atoms with Crippen LogP contribution in [0.2, 0.25) is 0 Å². The average Bonchev–Trinajstić information content (AvgIpc) is 3.24. The molecule has 0 atom stereocenters. The molecule has 0 N–H and O–H groups in total. The molecule has 30 heavy (non-hydrogen) atoms. The van der Waals surface area contributed by atoms with Gasteiger partial charge in [0.05, 0.1) is 0 Å². The summed E-state index contributed by atoms with van der Waals surface area (Å²) in [4.78, 5) is 13.2. The number of rotatable bonds is 5. The molecule has 3 nitrogen and oxygen atoms in total. The lowest BCUT2D eigenvalue weighted by molar-refractivity contribution is 0.112. The fourth-order valence-corrected chi connectivity index (χ4v) is 3.64. The van der Waals surface area contributed by atoms with Crippen LogP contribution in [0.3, 0.4) is 0 Å². The maximum Gasteiger partial charge on any atom is 0.150 e. The highest BCUT2D eigenvalue weighted by atomic mass is 16.3. The lowest BCUT2D eigenvalue weighted by Gasteiger charge is -2.25. The molecule has 1 heterocycles. The van der Waals surface area contributed by atoms with Gasteiger partial charge in [0, 0.05) is 33.6 Å². The average molecular weight is 389 g/mol. The van der Waals surface area contributed by atoms with Crippen LogP contribution in [0.15, 0.2) is 114 Å². The highest BCUT2D eigenvalue weighted by Gasteiger charge is 2.13. The van der Waals surface area contributed by atoms with Crippen molar-refractivity contribution in [3.8, 4) is 11.3 Å². The molecule has 0 bridgehead atoms. The van der Waals surface area contributed by atoms with Gasteiger partial charge < -0.3 is 9.32 Å². The molecule has 3 heteroatoms. The zero-order valence-corrected chi connectivity index (χ0v) is 16.2. The van der Waals surface area contributed by atoms with Gasteiger partial charge in [0.2, 0.25) is 0 Å². The molecule has 0 aliphatic heterocycles. The van der Waals surface area contributed by atoms with Gasteiger partial charge in [-0.25, -0.2) is 0 Å². The SMILES string of the molecule is O=Cc1ccc2cc(-c3ccc(N(c4ccccc4)c4ccccc4)cc3)oc2c1. The van der Waals surface area contributed by atoms with Gasteiger partial charge in [0.15, 0.2) is 0 Å². The Hall–Kier alpha value is -4.11. The van der Waals surface area contributed by atoms with Gasteiger partial charge in [-0.05, 0) is 60.7 Å². The fourth-order valence-electron chi connectivity index (χ4n) is 3.64. The number of anilines is 3. The molecular weight excluding hydrogens is 370 g/mol. The minimum Gasteiger partial charge on any atom is -0.456 e. The molecule has 0 spiro atoms. The van der Waals surface area contributed by atoms with Crippen LogP contribution < -0.4 is 4.90 Å². The fraction of sp³-hybridized carbons (Fsp3) is 0. The third-order valence-corrected chi connectivity index (χ3v) is 5.12. The largest absolute Gasteiger partial charge is 0.456 e. The molecule has 5 rings (SSSR count). The number of hydrogen-bond donors (Lipinski definition) is 0. The number of hydrogen-bond acceptors (Lipinski definition) is 3. The standard InChI is InChI=1S/C27H19NO2/c29-19-20-11-12-22-18-27(30-26(22)17-20)21-13-15-25(16-14-21)28(23-7-3-1-4-8-23)24-9-5-2-6-10-24/h1-19H. The Morgan fingerprint density at radius 3 is 1.83 bits per heavy atom. The van der Waals surface area contributed by atoms with E-state index in [4.69, 9.17) is 4.42 Å². The Kier molecular flexibility index (Phi) is 4.62. The number of carbonyl (C=O) groups excluding carboxylic acids is 1. The summed E-state index contributed by atoms with van der Waals surface area (Å²) in [6.45, 7) is 0. The van der Waals surface area contributed by atoms with E-state index in [1.54, 1.807) is 12.1 Å². The maximum atomic E-state index is 11.0. The van der Waals surface area contributed by atoms with Gasteiger partial charge in [-0.1, -0.05) is 48.5 Å². The van der Waals surface area contributed by atoms with Gasteiger partial charge in [-0.15, -0.1) is 0 Å². The van der Waals surface area contributed by atoms with Crippen molar-refractivity contribution in [2.45, 2.75) is 0 Å². The van der Waals surface area contributed by atoms with E-state index in [1.165, 1.54) is 0 Å². The van der Waals surface area contributed by atoms with E-state index in [0.717, 1.165) is 40.1 Å². The monoisotopic (exact) mass is 389 g/mol. The van der Waals surface area contributed by atoms with Crippen LogP contribution in [0.25, 0.3) is 22.3 Å². The first kappa shape index (κ1) is 18.0. The number of nitrogens with zero attached hydrogens (tertiary/aromatic N) is 1.